The topological polar surface area (TPSA) is 502 Å². The zero-order valence-corrected chi connectivity index (χ0v) is 68.5. The number of unbranched alkanes of at least 4 members (excludes halogenated alkanes) is 13. The summed E-state index contributed by atoms with van der Waals surface area (Å²) in [5.74, 6) is -11.1. The number of benzene rings is 2. The van der Waals surface area contributed by atoms with Crippen molar-refractivity contribution in [1.29, 1.82) is 0 Å². The number of carboxylic acids is 1. The van der Waals surface area contributed by atoms with E-state index < -0.39 is 120 Å². The molecule has 20 N–H and O–H groups in total. The van der Waals surface area contributed by atoms with Crippen molar-refractivity contribution in [2.75, 3.05) is 26.7 Å². The normalized spacial score (nSPS) is 14.5. The van der Waals surface area contributed by atoms with Crippen LogP contribution in [0.5, 0.6) is 0 Å². The highest BCUT2D eigenvalue weighted by Crippen LogP contribution is 2.27. The van der Waals surface area contributed by atoms with Gasteiger partial charge in [0.2, 0.25) is 35.4 Å². The molecule has 112 heavy (non-hydrogen) atoms. The van der Waals surface area contributed by atoms with E-state index >= 15 is 0 Å². The molecule has 28 heteroatoms. The van der Waals surface area contributed by atoms with Crippen molar-refractivity contribution in [2.24, 2.45) is 91.7 Å². The van der Waals surface area contributed by atoms with E-state index in [1.807, 2.05) is 89.2 Å². The highest BCUT2D eigenvalue weighted by atomic mass is 16.4. The van der Waals surface area contributed by atoms with Crippen molar-refractivity contribution in [3.8, 4) is 0 Å². The Kier molecular flexibility index (Phi) is 49.9. The molecule has 1 aromatic heterocycles. The summed E-state index contributed by atoms with van der Waals surface area (Å²) in [5.41, 5.74) is 35.6. The second-order valence-electron chi connectivity index (χ2n) is 30.9. The third-order valence-electron chi connectivity index (χ3n) is 20.7. The average molecular weight is 1570 g/mol. The predicted molar refractivity (Wildman–Crippen MR) is 439 cm³/mol. The van der Waals surface area contributed by atoms with E-state index in [-0.39, 0.29) is 111 Å². The number of guanidine groups is 2. The number of para-hydroxylation sites is 1. The Balaban J connectivity index is 0.000000765. The van der Waals surface area contributed by atoms with Gasteiger partial charge >= 0.3 is 5.97 Å². The number of aromatic amines is 1. The quantitative estimate of drug-likeness (QED) is 0.0143. The highest BCUT2D eigenvalue weighted by Gasteiger charge is 2.37. The zero-order chi connectivity index (χ0) is 83.7. The van der Waals surface area contributed by atoms with Crippen LogP contribution in [-0.4, -0.2) is 154 Å². The third kappa shape index (κ3) is 41.0. The number of rotatable bonds is 61. The Hall–Kier alpha value is -8.92. The van der Waals surface area contributed by atoms with E-state index in [2.05, 4.69) is 48.5 Å². The molecule has 12 atom stereocenters. The first-order valence-corrected chi connectivity index (χ1v) is 40.9. The van der Waals surface area contributed by atoms with Crippen LogP contribution < -0.4 is 61.0 Å². The number of aromatic nitrogens is 1. The molecule has 3 aromatic rings. The number of primary amides is 1. The number of H-pyrrole nitrogens is 1. The lowest BCUT2D eigenvalue weighted by Crippen LogP contribution is -2.50. The molecular weight excluding hydrogens is 1430 g/mol. The zero-order valence-electron chi connectivity index (χ0n) is 68.5. The molecule has 3 rings (SSSR count). The number of Topliss-reactive ketones (excluding diaryl/α,β-unsaturated/α-hetero) is 5. The molecule has 0 fully saturated rings. The summed E-state index contributed by atoms with van der Waals surface area (Å²) in [6.45, 7) is 15.6. The van der Waals surface area contributed by atoms with Crippen molar-refractivity contribution >= 4 is 93.2 Å². The summed E-state index contributed by atoms with van der Waals surface area (Å²) >= 11 is 0. The van der Waals surface area contributed by atoms with Crippen LogP contribution in [0.2, 0.25) is 0 Å². The number of amides is 6. The van der Waals surface area contributed by atoms with Gasteiger partial charge in [0.25, 0.3) is 0 Å². The number of hydrogen-bond donors (Lipinski definition) is 14. The Bertz CT molecular complexity index is 3430. The van der Waals surface area contributed by atoms with Crippen LogP contribution in [-0.2, 0) is 70.4 Å². The number of nitrogens with one attached hydrogen (secondary N) is 6. The van der Waals surface area contributed by atoms with Crippen LogP contribution in [0.15, 0.2) is 70.8 Å². The number of aliphatic imine (C=N–C) groups is 2. The Morgan fingerprint density at radius 2 is 1.01 bits per heavy atom. The minimum atomic E-state index is -1.39. The minimum absolute atomic E-state index is 0.00283. The van der Waals surface area contributed by atoms with Crippen LogP contribution in [0.25, 0.3) is 10.9 Å². The number of carboxylic acid groups (broad SMARTS) is 1. The summed E-state index contributed by atoms with van der Waals surface area (Å²) in [6, 6.07) is 12.4. The maximum atomic E-state index is 14.3. The molecule has 0 saturated carbocycles. The molecule has 0 spiro atoms. The minimum Gasteiger partial charge on any atom is -0.481 e. The fraction of sp³-hybridized carbons (Fsp3) is 0.667. The number of aliphatic hydroxyl groups excluding tert-OH is 1. The van der Waals surface area contributed by atoms with Gasteiger partial charge in [-0.1, -0.05) is 187 Å². The van der Waals surface area contributed by atoms with E-state index in [9.17, 15) is 67.7 Å². The van der Waals surface area contributed by atoms with Gasteiger partial charge in [0.15, 0.2) is 35.1 Å². The molecule has 2 aromatic carbocycles. The SMILES string of the molecule is CCCCCCCCCCCCCCCC(=O)N[C@H](C(=O)C[C@@H](CC(=O)O)C(=O)N[C@@H](CCCN=C(N)N)C(=O)C[C@@H](CC(C)C)C(=O)NC)[C@@H](C)O.CC[C@H](C)[C@H](CC(=O)[C@H](Cc1ccccc1)NC(=O)[C@H](C)CC(=O)[C@H](Cc1c[nH]c2ccccc12)NC(=O)[C@H](CCCCN)CC(=O)[C@@H](C)CCCN=C(N)N)C(N)=O. The van der Waals surface area contributed by atoms with Crippen LogP contribution >= 0.6 is 0 Å². The number of hydrogen-bond acceptors (Lipinski definition) is 16. The number of aliphatic hydroxyl groups is 1. The van der Waals surface area contributed by atoms with E-state index in [1.54, 1.807) is 13.1 Å². The molecule has 0 aliphatic carbocycles. The molecule has 0 aliphatic heterocycles. The summed E-state index contributed by atoms with van der Waals surface area (Å²) in [4.78, 5) is 170. The van der Waals surface area contributed by atoms with E-state index in [1.165, 1.54) is 71.8 Å². The van der Waals surface area contributed by atoms with Crippen molar-refractivity contribution < 1.29 is 67.7 Å². The van der Waals surface area contributed by atoms with Crippen LogP contribution in [0, 0.1) is 47.3 Å². The van der Waals surface area contributed by atoms with E-state index in [4.69, 9.17) is 34.4 Å². The number of carbonyl (C=O) groups is 12. The maximum absolute atomic E-state index is 14.3. The first-order valence-electron chi connectivity index (χ1n) is 40.9. The van der Waals surface area contributed by atoms with Gasteiger partial charge in [0, 0.05) is 112 Å². The Labute approximate surface area is 664 Å². The molecule has 0 saturated heterocycles. The summed E-state index contributed by atoms with van der Waals surface area (Å²) < 4.78 is 0. The summed E-state index contributed by atoms with van der Waals surface area (Å²) in [7, 11) is 1.48. The number of nitrogens with zero attached hydrogens (tertiary/aromatic N) is 2. The molecule has 0 radical (unpaired) electrons. The van der Waals surface area contributed by atoms with E-state index in [0.717, 1.165) is 41.3 Å². The smallest absolute Gasteiger partial charge is 0.304 e. The number of carbonyl (C=O) groups excluding carboxylic acids is 11. The lowest BCUT2D eigenvalue weighted by molar-refractivity contribution is -0.143. The van der Waals surface area contributed by atoms with Gasteiger partial charge in [-0.05, 0) is 100 Å². The molecule has 0 bridgehead atoms. The van der Waals surface area contributed by atoms with E-state index in [0.29, 0.717) is 70.9 Å². The molecule has 0 aliphatic rings. The van der Waals surface area contributed by atoms with Crippen molar-refractivity contribution in [1.82, 2.24) is 31.6 Å². The van der Waals surface area contributed by atoms with Crippen molar-refractivity contribution in [3.05, 3.63) is 71.9 Å². The Morgan fingerprint density at radius 3 is 1.56 bits per heavy atom. The number of ketones is 5. The van der Waals surface area contributed by atoms with Gasteiger partial charge in [-0.25, -0.2) is 0 Å². The van der Waals surface area contributed by atoms with Gasteiger partial charge in [-0.2, -0.15) is 0 Å². The first-order chi connectivity index (χ1) is 53.3. The first kappa shape index (κ1) is 99.2. The average Bonchev–Trinajstić information content (AvgIpc) is 1.68. The highest BCUT2D eigenvalue weighted by molar-refractivity contribution is 5.99. The van der Waals surface area contributed by atoms with Crippen molar-refractivity contribution in [3.63, 3.8) is 0 Å². The molecule has 28 nitrogen and oxygen atoms in total. The van der Waals surface area contributed by atoms with Crippen LogP contribution in [0.3, 0.4) is 0 Å². The second-order valence-corrected chi connectivity index (χ2v) is 30.9. The predicted octanol–water partition coefficient (Wildman–Crippen LogP) is 8.31. The fourth-order valence-corrected chi connectivity index (χ4v) is 13.7. The van der Waals surface area contributed by atoms with Gasteiger partial charge in [-0.3, -0.25) is 67.5 Å². The van der Waals surface area contributed by atoms with Crippen molar-refractivity contribution in [2.45, 2.75) is 285 Å². The largest absolute Gasteiger partial charge is 0.481 e. The lowest BCUT2D eigenvalue weighted by atomic mass is 9.84. The molecular formula is C84H138N14O14. The third-order valence-corrected chi connectivity index (χ3v) is 20.7. The fourth-order valence-electron chi connectivity index (χ4n) is 13.7. The number of nitrogens with two attached hydrogens (primary N) is 6. The maximum Gasteiger partial charge on any atom is 0.304 e. The van der Waals surface area contributed by atoms with Gasteiger partial charge in [0.05, 0.1) is 36.6 Å². The van der Waals surface area contributed by atoms with Gasteiger partial charge in [-0.15, -0.1) is 0 Å². The van der Waals surface area contributed by atoms with Gasteiger partial charge in [0.1, 0.15) is 11.8 Å². The monoisotopic (exact) mass is 1570 g/mol. The second kappa shape index (κ2) is 56.3. The molecule has 1 heterocycles. The van der Waals surface area contributed by atoms with Gasteiger partial charge < -0.3 is 76.2 Å². The number of fused-ring (bicyclic) bond motifs is 1. The molecule has 628 valence electrons. The Morgan fingerprint density at radius 1 is 0.491 bits per heavy atom. The summed E-state index contributed by atoms with van der Waals surface area (Å²) in [6.07, 6.45) is 18.6. The molecule has 0 unspecified atom stereocenters. The van der Waals surface area contributed by atoms with Crippen LogP contribution in [0.4, 0.5) is 0 Å². The summed E-state index contributed by atoms with van der Waals surface area (Å²) in [5, 5.41) is 34.5. The molecule has 6 amide bonds. The number of aliphatic carboxylic acids is 1. The standard InChI is InChI=1S/C45H66N8O6.C39H72N6O8/c1-5-28(2)35(42(47)57)26-41(56)37(23-31-15-7-6-8-16-31)52-43(58)30(4)22-40(55)38(24-33-27-51-36-19-10-9-18-34(33)36)53-44(59)32(17-11-12-20-46)25-39(54)29(3)14-13-21-50-45(48)49;1-6-7-8-9-10-11-12-13-14-15-16-17-18-21-34(49)45-36(28(4)46)33(48)25-30(26-35(50)51)38(53)44-31(20-19-22-43-39(40)41)32(47)24-29(23-27(2)3)37(52)42-5/h6-10,15-16,18-19,27-30,32,35,37-38,51H,5,11-14,17,20-26,46H2,1-4H3,(H2,47,57)(H,52,58)(H,53,59)(H4,48,49,50);27-31,36,46H,6-26H2,1-5H3,(H,42,52)(H,44,53)(H,45,49)(H,50,51)(H4,40,41,43)/t28-,29-,30+,32+,35-,37-,38-;28-,29-,30+,31+,36+/m01/s1. The van der Waals surface area contributed by atoms with Crippen LogP contribution in [0.1, 0.15) is 253 Å². The lowest BCUT2D eigenvalue weighted by Gasteiger charge is -2.25.